The molecule has 106 valence electrons. The molecule has 0 N–H and O–H groups in total. The SMILES string of the molecule is CC1C(F)(F)C1(F)CC(C#N)c1ccc(C2CC2)nc1. The molecule has 2 nitrogen and oxygen atoms in total. The first-order chi connectivity index (χ1) is 9.40. The molecular formula is C15H15F3N2. The molecule has 1 aromatic rings. The fourth-order valence-corrected chi connectivity index (χ4v) is 2.69. The predicted octanol–water partition coefficient (Wildman–Crippen LogP) is 3.95. The number of nitriles is 1. The second-order valence-corrected chi connectivity index (χ2v) is 5.88. The van der Waals surface area contributed by atoms with Gasteiger partial charge in [0.15, 0.2) is 5.67 Å². The highest BCUT2D eigenvalue weighted by molar-refractivity contribution is 5.30. The molecule has 1 heterocycles. The molecule has 0 spiro atoms. The molecule has 2 aliphatic carbocycles. The number of hydrogen-bond donors (Lipinski definition) is 0. The highest BCUT2D eigenvalue weighted by Gasteiger charge is 2.80. The maximum Gasteiger partial charge on any atom is 0.287 e. The number of hydrogen-bond acceptors (Lipinski definition) is 2. The van der Waals surface area contributed by atoms with Crippen LogP contribution in [0.5, 0.6) is 0 Å². The van der Waals surface area contributed by atoms with Crippen molar-refractivity contribution in [3.05, 3.63) is 29.6 Å². The van der Waals surface area contributed by atoms with Gasteiger partial charge in [0.1, 0.15) is 0 Å². The molecule has 0 saturated heterocycles. The maximum atomic E-state index is 14.1. The van der Waals surface area contributed by atoms with Gasteiger partial charge in [-0.1, -0.05) is 13.0 Å². The van der Waals surface area contributed by atoms with Crippen molar-refractivity contribution in [1.82, 2.24) is 4.98 Å². The molecule has 0 radical (unpaired) electrons. The van der Waals surface area contributed by atoms with E-state index in [-0.39, 0.29) is 0 Å². The van der Waals surface area contributed by atoms with E-state index < -0.39 is 29.8 Å². The Morgan fingerprint density at radius 1 is 1.40 bits per heavy atom. The summed E-state index contributed by atoms with van der Waals surface area (Å²) < 4.78 is 40.6. The van der Waals surface area contributed by atoms with Gasteiger partial charge in [-0.05, 0) is 24.5 Å². The van der Waals surface area contributed by atoms with Gasteiger partial charge in [0, 0.05) is 24.2 Å². The molecule has 0 amide bonds. The number of aromatic nitrogens is 1. The summed E-state index contributed by atoms with van der Waals surface area (Å²) in [7, 11) is 0. The molecule has 0 aromatic carbocycles. The lowest BCUT2D eigenvalue weighted by molar-refractivity contribution is 0.0358. The standard InChI is InChI=1S/C15H15F3N2/c1-9-14(16,15(9,17)18)6-12(7-19)11-4-5-13(20-8-11)10-2-3-10/h4-5,8-10,12H,2-3,6H2,1H3. The van der Waals surface area contributed by atoms with E-state index in [1.165, 1.54) is 13.1 Å². The van der Waals surface area contributed by atoms with Gasteiger partial charge in [0.05, 0.1) is 17.9 Å². The average Bonchev–Trinajstić information content (AvgIpc) is 3.33. The predicted molar refractivity (Wildman–Crippen MR) is 67.1 cm³/mol. The van der Waals surface area contributed by atoms with Crippen LogP contribution in [0, 0.1) is 17.2 Å². The minimum atomic E-state index is -3.32. The van der Waals surface area contributed by atoms with E-state index in [2.05, 4.69) is 4.98 Å². The Morgan fingerprint density at radius 3 is 2.45 bits per heavy atom. The van der Waals surface area contributed by atoms with Crippen LogP contribution in [-0.2, 0) is 0 Å². The van der Waals surface area contributed by atoms with Gasteiger partial charge in [-0.3, -0.25) is 4.98 Å². The minimum absolute atomic E-state index is 0.470. The van der Waals surface area contributed by atoms with Crippen molar-refractivity contribution in [2.45, 2.75) is 49.6 Å². The normalized spacial score (nSPS) is 32.5. The van der Waals surface area contributed by atoms with E-state index in [0.29, 0.717) is 11.5 Å². The van der Waals surface area contributed by atoms with Gasteiger partial charge in [0.2, 0.25) is 0 Å². The fraction of sp³-hybridized carbons (Fsp3) is 0.600. The highest BCUT2D eigenvalue weighted by Crippen LogP contribution is 2.64. The molecule has 3 atom stereocenters. The molecule has 1 aromatic heterocycles. The summed E-state index contributed by atoms with van der Waals surface area (Å²) in [6.45, 7) is 1.18. The van der Waals surface area contributed by atoms with Crippen LogP contribution in [0.3, 0.4) is 0 Å². The lowest BCUT2D eigenvalue weighted by Crippen LogP contribution is -2.16. The van der Waals surface area contributed by atoms with E-state index in [0.717, 1.165) is 18.5 Å². The number of halogens is 3. The van der Waals surface area contributed by atoms with Crippen molar-refractivity contribution < 1.29 is 13.2 Å². The van der Waals surface area contributed by atoms with Crippen molar-refractivity contribution in [2.24, 2.45) is 5.92 Å². The zero-order valence-electron chi connectivity index (χ0n) is 11.1. The topological polar surface area (TPSA) is 36.7 Å². The molecule has 5 heteroatoms. The molecule has 2 saturated carbocycles. The number of pyridine rings is 1. The van der Waals surface area contributed by atoms with Crippen LogP contribution in [-0.4, -0.2) is 16.6 Å². The molecule has 0 bridgehead atoms. The molecular weight excluding hydrogens is 265 g/mol. The Balaban J connectivity index is 1.75. The van der Waals surface area contributed by atoms with E-state index in [1.807, 2.05) is 12.1 Å². The van der Waals surface area contributed by atoms with Crippen LogP contribution >= 0.6 is 0 Å². The van der Waals surface area contributed by atoms with Crippen LogP contribution in [0.1, 0.15) is 49.3 Å². The molecule has 3 rings (SSSR count). The average molecular weight is 280 g/mol. The van der Waals surface area contributed by atoms with Crippen LogP contribution in [0.25, 0.3) is 0 Å². The number of nitrogens with zero attached hydrogens (tertiary/aromatic N) is 2. The van der Waals surface area contributed by atoms with Gasteiger partial charge in [-0.15, -0.1) is 0 Å². The van der Waals surface area contributed by atoms with Crippen molar-refractivity contribution in [2.75, 3.05) is 0 Å². The Hall–Kier alpha value is -1.57. The van der Waals surface area contributed by atoms with Crippen LogP contribution in [0.4, 0.5) is 13.2 Å². The number of alkyl halides is 3. The van der Waals surface area contributed by atoms with Gasteiger partial charge in [-0.2, -0.15) is 5.26 Å². The zero-order valence-corrected chi connectivity index (χ0v) is 11.1. The third kappa shape index (κ3) is 1.90. The zero-order chi connectivity index (χ0) is 14.5. The Bertz CT molecular complexity index is 559. The first-order valence-electron chi connectivity index (χ1n) is 6.82. The summed E-state index contributed by atoms with van der Waals surface area (Å²) in [6.07, 6.45) is 3.29. The van der Waals surface area contributed by atoms with Crippen LogP contribution < -0.4 is 0 Å². The van der Waals surface area contributed by atoms with Crippen molar-refractivity contribution >= 4 is 0 Å². The Kier molecular flexibility index (Phi) is 2.82. The second-order valence-electron chi connectivity index (χ2n) is 5.88. The summed E-state index contributed by atoms with van der Waals surface area (Å²) in [5.41, 5.74) is -1.07. The van der Waals surface area contributed by atoms with Crippen molar-refractivity contribution in [1.29, 1.82) is 5.26 Å². The Labute approximate surface area is 115 Å². The lowest BCUT2D eigenvalue weighted by Gasteiger charge is -2.13. The molecule has 20 heavy (non-hydrogen) atoms. The molecule has 3 unspecified atom stereocenters. The van der Waals surface area contributed by atoms with Gasteiger partial charge < -0.3 is 0 Å². The quantitative estimate of drug-likeness (QED) is 0.837. The second kappa shape index (κ2) is 4.21. The molecule has 2 aliphatic rings. The van der Waals surface area contributed by atoms with Gasteiger partial charge in [0.25, 0.3) is 5.92 Å². The van der Waals surface area contributed by atoms with Crippen molar-refractivity contribution in [3.63, 3.8) is 0 Å². The third-order valence-corrected chi connectivity index (χ3v) is 4.57. The largest absolute Gasteiger partial charge is 0.287 e. The van der Waals surface area contributed by atoms with E-state index in [9.17, 15) is 13.2 Å². The van der Waals surface area contributed by atoms with Gasteiger partial charge >= 0.3 is 0 Å². The monoisotopic (exact) mass is 280 g/mol. The third-order valence-electron chi connectivity index (χ3n) is 4.57. The maximum absolute atomic E-state index is 14.1. The fourth-order valence-electron chi connectivity index (χ4n) is 2.69. The van der Waals surface area contributed by atoms with E-state index >= 15 is 0 Å². The highest BCUT2D eigenvalue weighted by atomic mass is 19.3. The van der Waals surface area contributed by atoms with E-state index in [4.69, 9.17) is 5.26 Å². The summed E-state index contributed by atoms with van der Waals surface area (Å²) >= 11 is 0. The smallest absolute Gasteiger partial charge is 0.261 e. The van der Waals surface area contributed by atoms with Crippen molar-refractivity contribution in [3.8, 4) is 6.07 Å². The summed E-state index contributed by atoms with van der Waals surface area (Å²) in [6, 6.07) is 5.45. The summed E-state index contributed by atoms with van der Waals surface area (Å²) in [4.78, 5) is 4.25. The number of rotatable bonds is 4. The molecule has 0 aliphatic heterocycles. The van der Waals surface area contributed by atoms with E-state index in [1.54, 1.807) is 6.07 Å². The minimum Gasteiger partial charge on any atom is -0.261 e. The Morgan fingerprint density at radius 2 is 2.05 bits per heavy atom. The van der Waals surface area contributed by atoms with Crippen LogP contribution in [0.2, 0.25) is 0 Å². The lowest BCUT2D eigenvalue weighted by atomic mass is 9.94. The van der Waals surface area contributed by atoms with Gasteiger partial charge in [-0.25, -0.2) is 13.2 Å². The summed E-state index contributed by atoms with van der Waals surface area (Å²) in [5.74, 6) is -5.02. The first kappa shape index (κ1) is 13.4. The first-order valence-corrected chi connectivity index (χ1v) is 6.82. The molecule has 2 fully saturated rings. The van der Waals surface area contributed by atoms with Crippen LogP contribution in [0.15, 0.2) is 18.3 Å². The summed E-state index contributed by atoms with van der Waals surface area (Å²) in [5, 5.41) is 9.13.